The Morgan fingerprint density at radius 3 is 1.95 bits per heavy atom. The van der Waals surface area contributed by atoms with Crippen LogP contribution in [0.1, 0.15) is 31.1 Å². The molecule has 1 aromatic carbocycles. The van der Waals surface area contributed by atoms with E-state index < -0.39 is 23.2 Å². The largest absolute Gasteiger partial charge is 0.456 e. The minimum atomic E-state index is -0.740. The summed E-state index contributed by atoms with van der Waals surface area (Å²) in [6.07, 6.45) is 0. The maximum absolute atomic E-state index is 14.3. The molecule has 0 bridgehead atoms. The third-order valence-corrected chi connectivity index (χ3v) is 3.64. The molecular formula is C15H19F2I2NO2. The zero-order chi connectivity index (χ0) is 16.9. The van der Waals surface area contributed by atoms with Gasteiger partial charge in [-0.3, -0.25) is 0 Å². The van der Waals surface area contributed by atoms with Crippen LogP contribution < -0.4 is 4.90 Å². The number of halogens is 4. The van der Waals surface area contributed by atoms with Gasteiger partial charge in [0.05, 0.1) is 5.56 Å². The van der Waals surface area contributed by atoms with Crippen LogP contribution in [0.5, 0.6) is 0 Å². The number of ether oxygens (including phenoxy) is 1. The lowest BCUT2D eigenvalue weighted by atomic mass is 10.1. The monoisotopic (exact) mass is 537 g/mol. The Balaban J connectivity index is 3.13. The van der Waals surface area contributed by atoms with E-state index >= 15 is 0 Å². The molecule has 0 amide bonds. The number of esters is 1. The van der Waals surface area contributed by atoms with Crippen LogP contribution in [0.15, 0.2) is 12.1 Å². The van der Waals surface area contributed by atoms with Crippen LogP contribution >= 0.6 is 45.2 Å². The van der Waals surface area contributed by atoms with Crippen molar-refractivity contribution in [2.75, 3.05) is 26.8 Å². The van der Waals surface area contributed by atoms with Gasteiger partial charge in [-0.1, -0.05) is 45.2 Å². The maximum atomic E-state index is 14.3. The fourth-order valence-electron chi connectivity index (χ4n) is 1.86. The van der Waals surface area contributed by atoms with Gasteiger partial charge in [0.15, 0.2) is 0 Å². The summed E-state index contributed by atoms with van der Waals surface area (Å²) >= 11 is 4.32. The molecule has 0 saturated carbocycles. The van der Waals surface area contributed by atoms with E-state index in [0.29, 0.717) is 13.1 Å². The lowest BCUT2D eigenvalue weighted by molar-refractivity contribution is 0.00685. The van der Waals surface area contributed by atoms with Crippen LogP contribution in [0.3, 0.4) is 0 Å². The second-order valence-corrected chi connectivity index (χ2v) is 7.81. The first-order chi connectivity index (χ1) is 10.2. The minimum absolute atomic E-state index is 0.0827. The summed E-state index contributed by atoms with van der Waals surface area (Å²) in [6, 6.07) is 2.08. The summed E-state index contributed by atoms with van der Waals surface area (Å²) < 4.78 is 35.3. The molecule has 1 rings (SSSR count). The van der Waals surface area contributed by atoms with Crippen LogP contribution in [0.4, 0.5) is 14.5 Å². The summed E-state index contributed by atoms with van der Waals surface area (Å²) in [4.78, 5) is 13.6. The number of carbonyl (C=O) groups is 1. The Kier molecular flexibility index (Phi) is 7.76. The van der Waals surface area contributed by atoms with E-state index in [0.717, 1.165) is 21.0 Å². The van der Waals surface area contributed by atoms with Crippen molar-refractivity contribution in [2.24, 2.45) is 0 Å². The first kappa shape index (κ1) is 19.9. The number of benzene rings is 1. The molecule has 0 N–H and O–H groups in total. The summed E-state index contributed by atoms with van der Waals surface area (Å²) in [5.74, 6) is -2.21. The van der Waals surface area contributed by atoms with Crippen LogP contribution in [-0.2, 0) is 4.74 Å². The summed E-state index contributed by atoms with van der Waals surface area (Å²) in [5.41, 5.74) is -0.907. The van der Waals surface area contributed by atoms with Crippen molar-refractivity contribution in [1.82, 2.24) is 0 Å². The standard InChI is InChI=1S/C15H19F2I2NO2/c1-15(2,3)22-14(21)10-8-11(16)13(12(17)9-10)20(6-4-18)7-5-19/h8-9H,4-7H2,1-3H3. The average molecular weight is 537 g/mol. The Labute approximate surface area is 157 Å². The molecule has 0 spiro atoms. The van der Waals surface area contributed by atoms with Crippen LogP contribution in [0.25, 0.3) is 0 Å². The van der Waals surface area contributed by atoms with E-state index in [9.17, 15) is 13.6 Å². The van der Waals surface area contributed by atoms with Gasteiger partial charge in [0, 0.05) is 21.9 Å². The molecular weight excluding hydrogens is 518 g/mol. The molecule has 124 valence electrons. The van der Waals surface area contributed by atoms with Crippen LogP contribution in [-0.4, -0.2) is 33.5 Å². The Morgan fingerprint density at radius 2 is 1.59 bits per heavy atom. The van der Waals surface area contributed by atoms with Gasteiger partial charge in [-0.05, 0) is 32.9 Å². The zero-order valence-electron chi connectivity index (χ0n) is 12.8. The molecule has 0 saturated heterocycles. The number of alkyl halides is 2. The van der Waals surface area contributed by atoms with Crippen molar-refractivity contribution in [3.8, 4) is 0 Å². The highest BCUT2D eigenvalue weighted by Gasteiger charge is 2.23. The number of nitrogens with zero attached hydrogens (tertiary/aromatic N) is 1. The van der Waals surface area contributed by atoms with Gasteiger partial charge >= 0.3 is 5.97 Å². The lowest BCUT2D eigenvalue weighted by Crippen LogP contribution is -2.29. The average Bonchev–Trinajstić information content (AvgIpc) is 2.36. The van der Waals surface area contributed by atoms with Gasteiger partial charge < -0.3 is 9.64 Å². The summed E-state index contributed by atoms with van der Waals surface area (Å²) in [5, 5.41) is 0. The number of rotatable bonds is 6. The molecule has 7 heteroatoms. The molecule has 0 fully saturated rings. The normalized spacial score (nSPS) is 11.4. The third-order valence-electron chi connectivity index (χ3n) is 2.68. The SMILES string of the molecule is CC(C)(C)OC(=O)c1cc(F)c(N(CCI)CCI)c(F)c1. The third kappa shape index (κ3) is 5.78. The Bertz CT molecular complexity index is 504. The van der Waals surface area contributed by atoms with E-state index in [1.807, 2.05) is 0 Å². The van der Waals surface area contributed by atoms with Gasteiger partial charge in [-0.15, -0.1) is 0 Å². The summed E-state index contributed by atoms with van der Waals surface area (Å²) in [6.45, 7) is 6.20. The van der Waals surface area contributed by atoms with Crippen molar-refractivity contribution >= 4 is 56.8 Å². The van der Waals surface area contributed by atoms with Crippen molar-refractivity contribution in [3.05, 3.63) is 29.3 Å². The first-order valence-electron chi connectivity index (χ1n) is 6.79. The van der Waals surface area contributed by atoms with Gasteiger partial charge in [0.2, 0.25) is 0 Å². The molecule has 1 aromatic rings. The fourth-order valence-corrected chi connectivity index (χ4v) is 3.03. The van der Waals surface area contributed by atoms with Gasteiger partial charge in [0.1, 0.15) is 22.9 Å². The van der Waals surface area contributed by atoms with Crippen LogP contribution in [0, 0.1) is 11.6 Å². The number of carbonyl (C=O) groups excluding carboxylic acids is 1. The van der Waals surface area contributed by atoms with E-state index in [2.05, 4.69) is 45.2 Å². The van der Waals surface area contributed by atoms with Gasteiger partial charge in [-0.2, -0.15) is 0 Å². The lowest BCUT2D eigenvalue weighted by Gasteiger charge is -2.25. The second kappa shape index (κ2) is 8.60. The molecule has 0 radical (unpaired) electrons. The molecule has 0 unspecified atom stereocenters. The van der Waals surface area contributed by atoms with Crippen molar-refractivity contribution in [3.63, 3.8) is 0 Å². The predicted molar refractivity (Wildman–Crippen MR) is 102 cm³/mol. The molecule has 0 atom stereocenters. The second-order valence-electron chi connectivity index (χ2n) is 5.66. The topological polar surface area (TPSA) is 29.5 Å². The predicted octanol–water partition coefficient (Wildman–Crippen LogP) is 4.60. The molecule has 0 aliphatic heterocycles. The van der Waals surface area contributed by atoms with Gasteiger partial charge in [-0.25, -0.2) is 13.6 Å². The highest BCUT2D eigenvalue weighted by molar-refractivity contribution is 14.1. The highest BCUT2D eigenvalue weighted by atomic mass is 127. The van der Waals surface area contributed by atoms with Crippen LogP contribution in [0.2, 0.25) is 0 Å². The fraction of sp³-hybridized carbons (Fsp3) is 0.533. The number of hydrogen-bond acceptors (Lipinski definition) is 3. The molecule has 0 heterocycles. The zero-order valence-corrected chi connectivity index (χ0v) is 17.1. The van der Waals surface area contributed by atoms with E-state index in [1.54, 1.807) is 25.7 Å². The summed E-state index contributed by atoms with van der Waals surface area (Å²) in [7, 11) is 0. The van der Waals surface area contributed by atoms with E-state index in [1.165, 1.54) is 0 Å². The smallest absolute Gasteiger partial charge is 0.338 e. The molecule has 3 nitrogen and oxygen atoms in total. The van der Waals surface area contributed by atoms with Crippen molar-refractivity contribution < 1.29 is 18.3 Å². The molecule has 0 aliphatic rings. The van der Waals surface area contributed by atoms with Crippen molar-refractivity contribution in [1.29, 1.82) is 0 Å². The first-order valence-corrected chi connectivity index (χ1v) is 9.84. The molecule has 0 aromatic heterocycles. The quantitative estimate of drug-likeness (QED) is 0.302. The number of hydrogen-bond donors (Lipinski definition) is 0. The molecule has 0 aliphatic carbocycles. The highest BCUT2D eigenvalue weighted by Crippen LogP contribution is 2.26. The minimum Gasteiger partial charge on any atom is -0.456 e. The maximum Gasteiger partial charge on any atom is 0.338 e. The number of anilines is 1. The van der Waals surface area contributed by atoms with E-state index in [4.69, 9.17) is 4.74 Å². The Morgan fingerprint density at radius 1 is 1.14 bits per heavy atom. The Hall–Kier alpha value is -0.190. The van der Waals surface area contributed by atoms with E-state index in [-0.39, 0.29) is 11.3 Å². The van der Waals surface area contributed by atoms with Crippen molar-refractivity contribution in [2.45, 2.75) is 26.4 Å². The molecule has 22 heavy (non-hydrogen) atoms. The van der Waals surface area contributed by atoms with Gasteiger partial charge in [0.25, 0.3) is 0 Å².